The van der Waals surface area contributed by atoms with E-state index >= 15 is 0 Å². The lowest BCUT2D eigenvalue weighted by Crippen LogP contribution is -2.48. The summed E-state index contributed by atoms with van der Waals surface area (Å²) >= 11 is 0. The molecule has 30 heavy (non-hydrogen) atoms. The van der Waals surface area contributed by atoms with Crippen LogP contribution in [0, 0.1) is 0 Å². The Morgan fingerprint density at radius 1 is 1.10 bits per heavy atom. The Kier molecular flexibility index (Phi) is 5.24. The molecule has 7 nitrogen and oxygen atoms in total. The number of ketones is 1. The van der Waals surface area contributed by atoms with Crippen molar-refractivity contribution in [2.24, 2.45) is 0 Å². The van der Waals surface area contributed by atoms with Crippen molar-refractivity contribution >= 4 is 5.78 Å². The standard InChI is InChI=1S/C23H28NO6/c1-24(2)10-9-14-11-19-22(30-13-29-19)23(28-5)20(14)15(24)12-16(25)21-17(26-3)7-6-8-18(21)27-4/h6-8,11,15H,9-10,12-13H2,1-5H3/q+1/t15-/m0/s1. The zero-order valence-electron chi connectivity index (χ0n) is 18.1. The number of rotatable bonds is 6. The van der Waals surface area contributed by atoms with Crippen LogP contribution in [0.5, 0.6) is 28.7 Å². The number of hydrogen-bond acceptors (Lipinski definition) is 6. The number of methoxy groups -OCH3 is 3. The van der Waals surface area contributed by atoms with Crippen molar-refractivity contribution in [2.75, 3.05) is 48.8 Å². The molecule has 0 aromatic heterocycles. The fourth-order valence-electron chi connectivity index (χ4n) is 4.52. The van der Waals surface area contributed by atoms with Gasteiger partial charge in [0.1, 0.15) is 23.1 Å². The number of likely N-dealkylation sites (N-methyl/N-ethyl adjacent to an activating group) is 1. The summed E-state index contributed by atoms with van der Waals surface area (Å²) < 4.78 is 28.6. The highest BCUT2D eigenvalue weighted by Crippen LogP contribution is 2.51. The molecule has 160 valence electrons. The number of fused-ring (bicyclic) bond motifs is 2. The summed E-state index contributed by atoms with van der Waals surface area (Å²) in [6.45, 7) is 1.08. The van der Waals surface area contributed by atoms with E-state index in [4.69, 9.17) is 23.7 Å². The van der Waals surface area contributed by atoms with E-state index in [9.17, 15) is 4.79 Å². The van der Waals surface area contributed by atoms with Crippen molar-refractivity contribution in [1.82, 2.24) is 0 Å². The molecule has 2 heterocycles. The second-order valence-corrected chi connectivity index (χ2v) is 8.15. The molecular formula is C23H28NO6+. The molecule has 0 amide bonds. The molecule has 0 unspecified atom stereocenters. The molecule has 1 atom stereocenters. The fraction of sp³-hybridized carbons (Fsp3) is 0.435. The second kappa shape index (κ2) is 7.72. The molecule has 2 aromatic carbocycles. The smallest absolute Gasteiger partial charge is 0.231 e. The van der Waals surface area contributed by atoms with Crippen molar-refractivity contribution < 1.29 is 33.0 Å². The maximum absolute atomic E-state index is 13.5. The third-order valence-electron chi connectivity index (χ3n) is 6.17. The summed E-state index contributed by atoms with van der Waals surface area (Å²) in [5.41, 5.74) is 2.62. The number of Topliss-reactive ketones (excluding diaryl/α,β-unsaturated/α-hetero) is 1. The number of carbonyl (C=O) groups is 1. The molecule has 0 aliphatic carbocycles. The van der Waals surface area contributed by atoms with Crippen LogP contribution in [0.25, 0.3) is 0 Å². The van der Waals surface area contributed by atoms with Crippen molar-refractivity contribution in [3.63, 3.8) is 0 Å². The molecule has 7 heteroatoms. The van der Waals surface area contributed by atoms with Crippen LogP contribution in [-0.2, 0) is 6.42 Å². The molecule has 0 N–H and O–H groups in total. The Bertz CT molecular complexity index is 962. The van der Waals surface area contributed by atoms with Crippen molar-refractivity contribution in [3.05, 3.63) is 41.0 Å². The molecule has 0 bridgehead atoms. The first-order valence-electron chi connectivity index (χ1n) is 9.97. The first-order valence-corrected chi connectivity index (χ1v) is 9.97. The number of nitrogens with zero attached hydrogens (tertiary/aromatic N) is 1. The van der Waals surface area contributed by atoms with Crippen LogP contribution < -0.4 is 23.7 Å². The number of benzene rings is 2. The van der Waals surface area contributed by atoms with Crippen molar-refractivity contribution in [1.29, 1.82) is 0 Å². The Hall–Kier alpha value is -2.93. The average molecular weight is 414 g/mol. The van der Waals surface area contributed by atoms with E-state index in [1.54, 1.807) is 33.5 Å². The Morgan fingerprint density at radius 3 is 2.43 bits per heavy atom. The van der Waals surface area contributed by atoms with Gasteiger partial charge in [-0.15, -0.1) is 0 Å². The minimum Gasteiger partial charge on any atom is -0.496 e. The third kappa shape index (κ3) is 3.23. The van der Waals surface area contributed by atoms with Gasteiger partial charge in [0.25, 0.3) is 0 Å². The zero-order valence-corrected chi connectivity index (χ0v) is 18.1. The van der Waals surface area contributed by atoms with Crippen LogP contribution in [0.15, 0.2) is 24.3 Å². The highest BCUT2D eigenvalue weighted by molar-refractivity contribution is 6.01. The minimum atomic E-state index is -0.111. The van der Waals surface area contributed by atoms with Gasteiger partial charge in [0.2, 0.25) is 12.5 Å². The van der Waals surface area contributed by atoms with Gasteiger partial charge in [0, 0.05) is 6.42 Å². The van der Waals surface area contributed by atoms with Gasteiger partial charge in [0.05, 0.1) is 54.0 Å². The number of hydrogen-bond donors (Lipinski definition) is 0. The summed E-state index contributed by atoms with van der Waals surface area (Å²) in [6, 6.07) is 7.29. The molecule has 0 spiro atoms. The van der Waals surface area contributed by atoms with Gasteiger partial charge in [-0.2, -0.15) is 0 Å². The molecular weight excluding hydrogens is 386 g/mol. The lowest BCUT2D eigenvalue weighted by atomic mass is 9.85. The summed E-state index contributed by atoms with van der Waals surface area (Å²) in [5.74, 6) is 2.97. The quantitative estimate of drug-likeness (QED) is 0.533. The second-order valence-electron chi connectivity index (χ2n) is 8.15. The van der Waals surface area contributed by atoms with Crippen LogP contribution in [0.2, 0.25) is 0 Å². The molecule has 0 fully saturated rings. The van der Waals surface area contributed by atoms with Gasteiger partial charge in [-0.1, -0.05) is 6.07 Å². The molecule has 2 aliphatic rings. The maximum atomic E-state index is 13.5. The van der Waals surface area contributed by atoms with Crippen LogP contribution in [0.4, 0.5) is 0 Å². The largest absolute Gasteiger partial charge is 0.496 e. The topological polar surface area (TPSA) is 63.2 Å². The van der Waals surface area contributed by atoms with Crippen molar-refractivity contribution in [2.45, 2.75) is 18.9 Å². The molecule has 0 saturated heterocycles. The summed E-state index contributed by atoms with van der Waals surface area (Å²) in [4.78, 5) is 13.5. The predicted octanol–water partition coefficient (Wildman–Crippen LogP) is 3.39. The lowest BCUT2D eigenvalue weighted by molar-refractivity contribution is -0.922. The van der Waals surface area contributed by atoms with Crippen LogP contribution in [-0.4, -0.2) is 59.0 Å². The molecule has 2 aromatic rings. The SMILES string of the molecule is COc1cccc(OC)c1C(=O)C[C@H]1c2c(cc3c(c2OC)OCO3)CC[N+]1(C)C. The highest BCUT2D eigenvalue weighted by Gasteiger charge is 2.42. The van der Waals surface area contributed by atoms with Crippen LogP contribution >= 0.6 is 0 Å². The summed E-state index contributed by atoms with van der Waals surface area (Å²) in [6.07, 6.45) is 1.16. The van der Waals surface area contributed by atoms with E-state index in [2.05, 4.69) is 14.1 Å². The monoisotopic (exact) mass is 414 g/mol. The van der Waals surface area contributed by atoms with Gasteiger partial charge in [0.15, 0.2) is 17.3 Å². The average Bonchev–Trinajstić information content (AvgIpc) is 3.21. The summed E-state index contributed by atoms with van der Waals surface area (Å²) in [5, 5.41) is 0. The molecule has 4 rings (SSSR count). The molecule has 0 radical (unpaired) electrons. The van der Waals surface area contributed by atoms with Gasteiger partial charge < -0.3 is 28.2 Å². The highest BCUT2D eigenvalue weighted by atomic mass is 16.7. The van der Waals surface area contributed by atoms with E-state index < -0.39 is 0 Å². The maximum Gasteiger partial charge on any atom is 0.231 e. The van der Waals surface area contributed by atoms with Crippen LogP contribution in [0.3, 0.4) is 0 Å². The van der Waals surface area contributed by atoms with Gasteiger partial charge in [-0.25, -0.2) is 0 Å². The first kappa shape index (κ1) is 20.3. The fourth-order valence-corrected chi connectivity index (χ4v) is 4.52. The Labute approximate surface area is 176 Å². The van der Waals surface area contributed by atoms with Crippen LogP contribution in [0.1, 0.15) is 33.9 Å². The normalized spacial score (nSPS) is 18.5. The third-order valence-corrected chi connectivity index (χ3v) is 6.17. The first-order chi connectivity index (χ1) is 14.4. The minimum absolute atomic E-state index is 0.0342. The van der Waals surface area contributed by atoms with E-state index in [1.165, 1.54) is 0 Å². The molecule has 2 aliphatic heterocycles. The Balaban J connectivity index is 1.80. The molecule has 0 saturated carbocycles. The zero-order chi connectivity index (χ0) is 21.5. The number of carbonyl (C=O) groups excluding carboxylic acids is 1. The number of quaternary nitrogens is 1. The van der Waals surface area contributed by atoms with E-state index in [0.717, 1.165) is 24.1 Å². The Morgan fingerprint density at radius 2 is 1.80 bits per heavy atom. The van der Waals surface area contributed by atoms with E-state index in [-0.39, 0.29) is 25.0 Å². The van der Waals surface area contributed by atoms with Gasteiger partial charge >= 0.3 is 0 Å². The van der Waals surface area contributed by atoms with Gasteiger partial charge in [-0.3, -0.25) is 4.79 Å². The van der Waals surface area contributed by atoms with Gasteiger partial charge in [-0.05, 0) is 23.8 Å². The van der Waals surface area contributed by atoms with E-state index in [1.807, 2.05) is 12.1 Å². The summed E-state index contributed by atoms with van der Waals surface area (Å²) in [7, 11) is 9.04. The predicted molar refractivity (Wildman–Crippen MR) is 111 cm³/mol. The van der Waals surface area contributed by atoms with Crippen molar-refractivity contribution in [3.8, 4) is 28.7 Å². The van der Waals surface area contributed by atoms with E-state index in [0.29, 0.717) is 38.8 Å². The number of ether oxygens (including phenoxy) is 5. The lowest BCUT2D eigenvalue weighted by Gasteiger charge is -2.43.